The van der Waals surface area contributed by atoms with Crippen molar-refractivity contribution >= 4 is 22.6 Å². The van der Waals surface area contributed by atoms with Crippen LogP contribution in [0.15, 0.2) is 30.5 Å². The summed E-state index contributed by atoms with van der Waals surface area (Å²) in [5.74, 6) is 0.0603. The maximum Gasteiger partial charge on any atom is 0.303 e. The van der Waals surface area contributed by atoms with E-state index in [-0.39, 0.29) is 6.42 Å². The van der Waals surface area contributed by atoms with Gasteiger partial charge in [0.25, 0.3) is 0 Å². The van der Waals surface area contributed by atoms with Crippen molar-refractivity contribution in [2.75, 3.05) is 19.0 Å². The van der Waals surface area contributed by atoms with E-state index in [9.17, 15) is 4.79 Å². The van der Waals surface area contributed by atoms with E-state index in [2.05, 4.69) is 10.3 Å². The molecule has 22 heavy (non-hydrogen) atoms. The summed E-state index contributed by atoms with van der Waals surface area (Å²) in [6, 6.07) is 7.85. The van der Waals surface area contributed by atoms with Crippen LogP contribution >= 0.6 is 0 Å². The second-order valence-electron chi connectivity index (χ2n) is 5.20. The molecule has 0 saturated carbocycles. The van der Waals surface area contributed by atoms with Gasteiger partial charge in [0.2, 0.25) is 0 Å². The Bertz CT molecular complexity index is 628. The Labute approximate surface area is 130 Å². The number of carbonyl (C=O) groups is 1. The number of nitrogens with one attached hydrogen (secondary N) is 1. The van der Waals surface area contributed by atoms with E-state index in [1.54, 1.807) is 13.3 Å². The number of ether oxygens (including phenoxy) is 1. The number of unbranched alkanes of at least 4 members (excludes halogenated alkanes) is 3. The molecule has 0 aliphatic carbocycles. The molecule has 2 aromatic rings. The fourth-order valence-corrected chi connectivity index (χ4v) is 2.45. The number of pyridine rings is 1. The van der Waals surface area contributed by atoms with Crippen molar-refractivity contribution in [1.29, 1.82) is 0 Å². The van der Waals surface area contributed by atoms with Crippen LogP contribution in [0.1, 0.15) is 32.1 Å². The predicted octanol–water partition coefficient (Wildman–Crippen LogP) is 3.69. The molecular weight excluding hydrogens is 280 g/mol. The van der Waals surface area contributed by atoms with E-state index in [0.29, 0.717) is 0 Å². The Balaban J connectivity index is 1.86. The zero-order valence-corrected chi connectivity index (χ0v) is 12.8. The maximum atomic E-state index is 10.4. The fourth-order valence-electron chi connectivity index (χ4n) is 2.45. The number of rotatable bonds is 9. The molecule has 5 nitrogen and oxygen atoms in total. The number of aliphatic carboxylic acids is 1. The third-order valence-electron chi connectivity index (χ3n) is 3.59. The summed E-state index contributed by atoms with van der Waals surface area (Å²) in [5, 5.41) is 13.1. The average molecular weight is 302 g/mol. The summed E-state index contributed by atoms with van der Waals surface area (Å²) in [6.45, 7) is 0.864. The standard InChI is InChI=1S/C17H22N2O3/c1-22-15-8-6-7-13-14(10-12-19-17(13)15)18-11-5-3-2-4-9-16(20)21/h6-8,10,12H,2-5,9,11H2,1H3,(H,18,19)(H,20,21). The van der Waals surface area contributed by atoms with Crippen LogP contribution in [0.5, 0.6) is 5.75 Å². The van der Waals surface area contributed by atoms with Crippen LogP contribution in [-0.2, 0) is 4.79 Å². The number of hydrogen-bond acceptors (Lipinski definition) is 4. The average Bonchev–Trinajstić information content (AvgIpc) is 2.53. The summed E-state index contributed by atoms with van der Waals surface area (Å²) in [6.07, 6.45) is 5.81. The number of para-hydroxylation sites is 1. The molecule has 5 heteroatoms. The Kier molecular flexibility index (Phi) is 6.01. The SMILES string of the molecule is COc1cccc2c(NCCCCCCC(=O)O)ccnc12. The minimum absolute atomic E-state index is 0.266. The smallest absolute Gasteiger partial charge is 0.303 e. The molecule has 0 bridgehead atoms. The van der Waals surface area contributed by atoms with E-state index in [1.807, 2.05) is 24.3 Å². The molecule has 0 atom stereocenters. The van der Waals surface area contributed by atoms with Crippen LogP contribution in [0.2, 0.25) is 0 Å². The Morgan fingerprint density at radius 2 is 2.05 bits per heavy atom. The number of hydrogen-bond donors (Lipinski definition) is 2. The Morgan fingerprint density at radius 1 is 1.23 bits per heavy atom. The second kappa shape index (κ2) is 8.22. The zero-order valence-electron chi connectivity index (χ0n) is 12.8. The van der Waals surface area contributed by atoms with Crippen LogP contribution in [0, 0.1) is 0 Å². The summed E-state index contributed by atoms with van der Waals surface area (Å²) in [5.41, 5.74) is 1.91. The molecule has 0 amide bonds. The number of benzene rings is 1. The van der Waals surface area contributed by atoms with Gasteiger partial charge in [-0.15, -0.1) is 0 Å². The van der Waals surface area contributed by atoms with E-state index in [4.69, 9.17) is 9.84 Å². The van der Waals surface area contributed by atoms with E-state index >= 15 is 0 Å². The molecule has 0 aliphatic rings. The van der Waals surface area contributed by atoms with Crippen molar-refractivity contribution in [3.8, 4) is 5.75 Å². The first-order chi connectivity index (χ1) is 10.7. The van der Waals surface area contributed by atoms with Crippen LogP contribution < -0.4 is 10.1 Å². The molecule has 2 rings (SSSR count). The van der Waals surface area contributed by atoms with Gasteiger partial charge in [-0.1, -0.05) is 25.0 Å². The van der Waals surface area contributed by atoms with Gasteiger partial charge in [-0.3, -0.25) is 9.78 Å². The molecule has 118 valence electrons. The van der Waals surface area contributed by atoms with Gasteiger partial charge >= 0.3 is 5.97 Å². The lowest BCUT2D eigenvalue weighted by Crippen LogP contribution is -2.03. The molecule has 0 aliphatic heterocycles. The summed E-state index contributed by atoms with van der Waals surface area (Å²) < 4.78 is 5.33. The monoisotopic (exact) mass is 302 g/mol. The molecule has 1 heterocycles. The summed E-state index contributed by atoms with van der Waals surface area (Å²) in [7, 11) is 1.65. The van der Waals surface area contributed by atoms with Gasteiger partial charge in [-0.25, -0.2) is 0 Å². The molecule has 0 radical (unpaired) electrons. The third kappa shape index (κ3) is 4.35. The predicted molar refractivity (Wildman–Crippen MR) is 87.5 cm³/mol. The van der Waals surface area contributed by atoms with Gasteiger partial charge in [0.15, 0.2) is 0 Å². The number of carboxylic acid groups (broad SMARTS) is 1. The van der Waals surface area contributed by atoms with E-state index in [1.165, 1.54) is 0 Å². The highest BCUT2D eigenvalue weighted by molar-refractivity contribution is 5.94. The van der Waals surface area contributed by atoms with Gasteiger partial charge in [-0.05, 0) is 25.0 Å². The Hall–Kier alpha value is -2.30. The van der Waals surface area contributed by atoms with E-state index < -0.39 is 5.97 Å². The number of anilines is 1. The van der Waals surface area contributed by atoms with Crippen molar-refractivity contribution in [2.24, 2.45) is 0 Å². The highest BCUT2D eigenvalue weighted by Gasteiger charge is 2.06. The van der Waals surface area contributed by atoms with E-state index in [0.717, 1.165) is 54.6 Å². The van der Waals surface area contributed by atoms with Crippen LogP contribution in [0.3, 0.4) is 0 Å². The fraction of sp³-hybridized carbons (Fsp3) is 0.412. The maximum absolute atomic E-state index is 10.4. The first kappa shape index (κ1) is 16.1. The molecule has 0 fully saturated rings. The number of carboxylic acids is 1. The van der Waals surface area contributed by atoms with Crippen LogP contribution in [-0.4, -0.2) is 29.7 Å². The van der Waals surface area contributed by atoms with Gasteiger partial charge < -0.3 is 15.2 Å². The zero-order chi connectivity index (χ0) is 15.8. The molecule has 0 unspecified atom stereocenters. The molecule has 1 aromatic heterocycles. The molecule has 0 spiro atoms. The van der Waals surface area contributed by atoms with Crippen LogP contribution in [0.4, 0.5) is 5.69 Å². The molecule has 1 aromatic carbocycles. The highest BCUT2D eigenvalue weighted by Crippen LogP contribution is 2.28. The highest BCUT2D eigenvalue weighted by atomic mass is 16.5. The number of methoxy groups -OCH3 is 1. The van der Waals surface area contributed by atoms with Gasteiger partial charge in [0.05, 0.1) is 7.11 Å². The van der Waals surface area contributed by atoms with Crippen molar-refractivity contribution in [2.45, 2.75) is 32.1 Å². The third-order valence-corrected chi connectivity index (χ3v) is 3.59. The summed E-state index contributed by atoms with van der Waals surface area (Å²) >= 11 is 0. The lowest BCUT2D eigenvalue weighted by molar-refractivity contribution is -0.137. The summed E-state index contributed by atoms with van der Waals surface area (Å²) in [4.78, 5) is 14.8. The van der Waals surface area contributed by atoms with Crippen molar-refractivity contribution in [3.05, 3.63) is 30.5 Å². The topological polar surface area (TPSA) is 71.5 Å². The van der Waals surface area contributed by atoms with Crippen molar-refractivity contribution in [1.82, 2.24) is 4.98 Å². The number of nitrogens with zero attached hydrogens (tertiary/aromatic N) is 1. The number of aromatic nitrogens is 1. The molecular formula is C17H22N2O3. The molecule has 0 saturated heterocycles. The normalized spacial score (nSPS) is 10.6. The first-order valence-corrected chi connectivity index (χ1v) is 7.60. The minimum atomic E-state index is -0.713. The second-order valence-corrected chi connectivity index (χ2v) is 5.20. The number of fused-ring (bicyclic) bond motifs is 1. The van der Waals surface area contributed by atoms with Crippen molar-refractivity contribution < 1.29 is 14.6 Å². The Morgan fingerprint density at radius 3 is 2.82 bits per heavy atom. The van der Waals surface area contributed by atoms with Gasteiger partial charge in [-0.2, -0.15) is 0 Å². The quantitative estimate of drug-likeness (QED) is 0.691. The van der Waals surface area contributed by atoms with Crippen LogP contribution in [0.25, 0.3) is 10.9 Å². The lowest BCUT2D eigenvalue weighted by atomic mass is 10.1. The minimum Gasteiger partial charge on any atom is -0.494 e. The first-order valence-electron chi connectivity index (χ1n) is 7.60. The van der Waals surface area contributed by atoms with Crippen molar-refractivity contribution in [3.63, 3.8) is 0 Å². The van der Waals surface area contributed by atoms with Gasteiger partial charge in [0, 0.05) is 30.2 Å². The lowest BCUT2D eigenvalue weighted by Gasteiger charge is -2.11. The largest absolute Gasteiger partial charge is 0.494 e. The van der Waals surface area contributed by atoms with Gasteiger partial charge in [0.1, 0.15) is 11.3 Å². The molecule has 2 N–H and O–H groups in total.